The van der Waals surface area contributed by atoms with Crippen molar-refractivity contribution in [2.75, 3.05) is 26.7 Å². The summed E-state index contributed by atoms with van der Waals surface area (Å²) >= 11 is 0. The molecule has 0 unspecified atom stereocenters. The molecule has 1 aromatic carbocycles. The third-order valence-electron chi connectivity index (χ3n) is 3.42. The predicted molar refractivity (Wildman–Crippen MR) is 104 cm³/mol. The average molecular weight is 452 g/mol. The summed E-state index contributed by atoms with van der Waals surface area (Å²) in [5, 5.41) is 3.26. The molecule has 2 rings (SSSR count). The summed E-state index contributed by atoms with van der Waals surface area (Å²) in [7, 11) is -1.42. The number of aliphatic imine (C=N–C) groups is 1. The van der Waals surface area contributed by atoms with Gasteiger partial charge in [-0.1, -0.05) is 26.0 Å². The molecule has 0 fully saturated rings. The molecular formula is C15H25IN4O2S. The number of halogens is 1. The highest BCUT2D eigenvalue weighted by Crippen LogP contribution is 2.11. The van der Waals surface area contributed by atoms with E-state index in [0.717, 1.165) is 24.6 Å². The fourth-order valence-electron chi connectivity index (χ4n) is 2.05. The molecule has 0 atom stereocenters. The maximum atomic E-state index is 12.1. The molecule has 1 aliphatic heterocycles. The van der Waals surface area contributed by atoms with Crippen LogP contribution in [0.15, 0.2) is 34.2 Å². The van der Waals surface area contributed by atoms with Gasteiger partial charge in [0, 0.05) is 26.7 Å². The molecule has 23 heavy (non-hydrogen) atoms. The average Bonchev–Trinajstić information content (AvgIpc) is 2.89. The first-order valence-corrected chi connectivity index (χ1v) is 8.95. The summed E-state index contributed by atoms with van der Waals surface area (Å²) in [4.78, 5) is 6.72. The molecule has 0 saturated heterocycles. The number of rotatable bonds is 6. The van der Waals surface area contributed by atoms with Crippen molar-refractivity contribution < 1.29 is 8.42 Å². The number of likely N-dealkylation sites (N-methyl/N-ethyl adjacent to an activating group) is 1. The predicted octanol–water partition coefficient (Wildman–Crippen LogP) is 1.63. The number of guanidine groups is 1. The minimum Gasteiger partial charge on any atom is -0.352 e. The first-order valence-electron chi connectivity index (χ1n) is 7.46. The Morgan fingerprint density at radius 1 is 1.26 bits per heavy atom. The second-order valence-corrected chi connectivity index (χ2v) is 7.64. The minimum absolute atomic E-state index is 0. The van der Waals surface area contributed by atoms with Crippen LogP contribution in [0.25, 0.3) is 0 Å². The second-order valence-electron chi connectivity index (χ2n) is 5.87. The zero-order valence-corrected chi connectivity index (χ0v) is 16.9. The smallest absolute Gasteiger partial charge is 0.240 e. The minimum atomic E-state index is -3.41. The van der Waals surface area contributed by atoms with Crippen LogP contribution in [0.5, 0.6) is 0 Å². The van der Waals surface area contributed by atoms with Crippen LogP contribution in [0.2, 0.25) is 0 Å². The molecule has 1 aromatic rings. The Labute approximate surface area is 155 Å². The number of nitrogens with zero attached hydrogens (tertiary/aromatic N) is 2. The normalized spacial score (nSPS) is 14.6. The lowest BCUT2D eigenvalue weighted by Gasteiger charge is -2.15. The van der Waals surface area contributed by atoms with Crippen LogP contribution in [0.4, 0.5) is 0 Å². The van der Waals surface area contributed by atoms with Gasteiger partial charge in [-0.05, 0) is 23.6 Å². The van der Waals surface area contributed by atoms with E-state index in [4.69, 9.17) is 0 Å². The number of hydrogen-bond donors (Lipinski definition) is 2. The molecule has 1 heterocycles. The van der Waals surface area contributed by atoms with E-state index in [2.05, 4.69) is 19.9 Å². The molecule has 0 amide bonds. The Kier molecular flexibility index (Phi) is 7.75. The van der Waals surface area contributed by atoms with Crippen molar-refractivity contribution in [2.45, 2.75) is 25.3 Å². The Morgan fingerprint density at radius 2 is 1.91 bits per heavy atom. The summed E-state index contributed by atoms with van der Waals surface area (Å²) in [6.45, 7) is 6.76. The van der Waals surface area contributed by atoms with Crippen molar-refractivity contribution in [3.05, 3.63) is 29.8 Å². The lowest BCUT2D eigenvalue weighted by Crippen LogP contribution is -2.35. The molecule has 6 nitrogen and oxygen atoms in total. The Bertz CT molecular complexity index is 629. The molecule has 0 spiro atoms. The molecule has 2 N–H and O–H groups in total. The molecular weight excluding hydrogens is 427 g/mol. The van der Waals surface area contributed by atoms with Gasteiger partial charge >= 0.3 is 0 Å². The first kappa shape index (κ1) is 20.2. The van der Waals surface area contributed by atoms with E-state index >= 15 is 0 Å². The van der Waals surface area contributed by atoms with Crippen LogP contribution in [-0.2, 0) is 16.6 Å². The number of sulfonamides is 1. The molecule has 0 radical (unpaired) electrons. The highest BCUT2D eigenvalue weighted by Gasteiger charge is 2.14. The monoisotopic (exact) mass is 452 g/mol. The summed E-state index contributed by atoms with van der Waals surface area (Å²) in [5.41, 5.74) is 1.02. The third-order valence-corrected chi connectivity index (χ3v) is 4.86. The highest BCUT2D eigenvalue weighted by atomic mass is 127. The number of hydrogen-bond acceptors (Lipinski definition) is 5. The van der Waals surface area contributed by atoms with Crippen LogP contribution in [-0.4, -0.2) is 46.0 Å². The summed E-state index contributed by atoms with van der Waals surface area (Å²) in [6, 6.07) is 6.93. The second kappa shape index (κ2) is 8.84. The maximum absolute atomic E-state index is 12.1. The fourth-order valence-corrected chi connectivity index (χ4v) is 3.26. The van der Waals surface area contributed by atoms with E-state index in [1.807, 2.05) is 33.0 Å². The van der Waals surface area contributed by atoms with Gasteiger partial charge in [-0.25, -0.2) is 13.1 Å². The molecule has 0 saturated carbocycles. The maximum Gasteiger partial charge on any atom is 0.240 e. The van der Waals surface area contributed by atoms with E-state index in [1.54, 1.807) is 12.1 Å². The van der Waals surface area contributed by atoms with E-state index < -0.39 is 10.0 Å². The van der Waals surface area contributed by atoms with Crippen LogP contribution in [0.3, 0.4) is 0 Å². The van der Waals surface area contributed by atoms with Crippen LogP contribution < -0.4 is 10.0 Å². The van der Waals surface area contributed by atoms with Crippen molar-refractivity contribution in [3.8, 4) is 0 Å². The highest BCUT2D eigenvalue weighted by molar-refractivity contribution is 14.0. The van der Waals surface area contributed by atoms with Crippen molar-refractivity contribution in [1.29, 1.82) is 0 Å². The Balaban J connectivity index is 0.00000264. The van der Waals surface area contributed by atoms with Crippen molar-refractivity contribution >= 4 is 40.0 Å². The number of benzene rings is 1. The van der Waals surface area contributed by atoms with Gasteiger partial charge in [0.05, 0.1) is 11.4 Å². The van der Waals surface area contributed by atoms with Crippen LogP contribution >= 0.6 is 24.0 Å². The summed E-state index contributed by atoms with van der Waals surface area (Å²) < 4.78 is 26.8. The SMILES string of the molecule is CC(C)CNS(=O)(=O)c1ccc(CNC2=NCCN2C)cc1.I. The van der Waals surface area contributed by atoms with Crippen LogP contribution in [0.1, 0.15) is 19.4 Å². The molecule has 130 valence electrons. The molecule has 0 aromatic heterocycles. The Hall–Kier alpha value is -0.870. The van der Waals surface area contributed by atoms with Crippen molar-refractivity contribution in [3.63, 3.8) is 0 Å². The molecule has 1 aliphatic rings. The van der Waals surface area contributed by atoms with Gasteiger partial charge in [-0.3, -0.25) is 4.99 Å². The van der Waals surface area contributed by atoms with Gasteiger partial charge in [0.25, 0.3) is 0 Å². The zero-order chi connectivity index (χ0) is 16.2. The van der Waals surface area contributed by atoms with Crippen molar-refractivity contribution in [1.82, 2.24) is 14.9 Å². The van der Waals surface area contributed by atoms with E-state index in [0.29, 0.717) is 18.0 Å². The van der Waals surface area contributed by atoms with Gasteiger partial charge in [-0.2, -0.15) is 0 Å². The molecule has 0 aliphatic carbocycles. The summed E-state index contributed by atoms with van der Waals surface area (Å²) in [5.74, 6) is 1.16. The quantitative estimate of drug-likeness (QED) is 0.644. The third kappa shape index (κ3) is 5.92. The van der Waals surface area contributed by atoms with Gasteiger partial charge in [-0.15, -0.1) is 24.0 Å². The van der Waals surface area contributed by atoms with Gasteiger partial charge in [0.1, 0.15) is 0 Å². The Morgan fingerprint density at radius 3 is 2.43 bits per heavy atom. The van der Waals surface area contributed by atoms with Gasteiger partial charge in [0.15, 0.2) is 5.96 Å². The lowest BCUT2D eigenvalue weighted by molar-refractivity contribution is 0.534. The van der Waals surface area contributed by atoms with E-state index in [9.17, 15) is 8.42 Å². The first-order chi connectivity index (χ1) is 10.4. The largest absolute Gasteiger partial charge is 0.352 e. The van der Waals surface area contributed by atoms with E-state index in [-0.39, 0.29) is 29.9 Å². The van der Waals surface area contributed by atoms with E-state index in [1.165, 1.54) is 0 Å². The lowest BCUT2D eigenvalue weighted by atomic mass is 10.2. The number of nitrogens with one attached hydrogen (secondary N) is 2. The van der Waals surface area contributed by atoms with Crippen molar-refractivity contribution in [2.24, 2.45) is 10.9 Å². The van der Waals surface area contributed by atoms with Gasteiger partial charge < -0.3 is 10.2 Å². The van der Waals surface area contributed by atoms with Crippen LogP contribution in [0, 0.1) is 5.92 Å². The standard InChI is InChI=1S/C15H24N4O2S.HI/c1-12(2)10-18-22(20,21)14-6-4-13(5-7-14)11-17-15-16-8-9-19(15)3;/h4-7,12,18H,8-11H2,1-3H3,(H,16,17);1H. The molecule has 8 heteroatoms. The zero-order valence-electron chi connectivity index (χ0n) is 13.7. The van der Waals surface area contributed by atoms with Gasteiger partial charge in [0.2, 0.25) is 10.0 Å². The topological polar surface area (TPSA) is 73.8 Å². The summed E-state index contributed by atoms with van der Waals surface area (Å²) in [6.07, 6.45) is 0. The molecule has 0 bridgehead atoms. The fraction of sp³-hybridized carbons (Fsp3) is 0.533.